The van der Waals surface area contributed by atoms with Gasteiger partial charge in [0.15, 0.2) is 87.1 Å². The third-order valence-corrected chi connectivity index (χ3v) is 20.0. The van der Waals surface area contributed by atoms with Crippen molar-refractivity contribution in [2.24, 2.45) is 5.14 Å². The lowest BCUT2D eigenvalue weighted by Gasteiger charge is -2.06. The van der Waals surface area contributed by atoms with E-state index in [1.165, 1.54) is 95.2 Å². The molecule has 12 aromatic heterocycles. The van der Waals surface area contributed by atoms with Crippen molar-refractivity contribution in [3.8, 4) is 44.6 Å². The Labute approximate surface area is 614 Å². The number of halogens is 3. The summed E-state index contributed by atoms with van der Waals surface area (Å²) in [6, 6.07) is 22.9. The molecule has 31 nitrogen and oxygen atoms in total. The van der Waals surface area contributed by atoms with E-state index >= 15 is 0 Å². The summed E-state index contributed by atoms with van der Waals surface area (Å²) in [5.41, 5.74) is 4.85. The Hall–Kier alpha value is -10.0. The van der Waals surface area contributed by atoms with E-state index in [9.17, 15) is 28.2 Å². The van der Waals surface area contributed by atoms with Crippen molar-refractivity contribution < 1.29 is 57.5 Å². The topological polar surface area (TPSA) is 448 Å². The molecule has 12 aromatic rings. The van der Waals surface area contributed by atoms with Crippen molar-refractivity contribution in [3.63, 3.8) is 0 Å². The van der Waals surface area contributed by atoms with Gasteiger partial charge in [-0.1, -0.05) is 34.8 Å². The first-order valence-electron chi connectivity index (χ1n) is 31.5. The van der Waals surface area contributed by atoms with Crippen molar-refractivity contribution in [1.82, 2.24) is 86.0 Å². The molecule has 4 aliphatic carbocycles. The summed E-state index contributed by atoms with van der Waals surface area (Å²) >= 11 is 21.0. The molecule has 4 fully saturated rings. The number of ketones is 1. The summed E-state index contributed by atoms with van der Waals surface area (Å²) in [5, 5.41) is 69.4. The SMILES string of the molecule is CC(=O)c1ccc(-c2ncc(Cl)c(Nc3cc(C4CC4)[nH]n3)n2)o1.CC(O)c1ccc(-c2ncc(Cl)c(Nc3cc(C4CC4)[nH]n3)n2)o1.COC(=O)NCc1ccc(-c2ncc(Cl)c(Nc3cc(C4CC4)[nH]n3)n2)s1.NS(=O)(=O)c1ccc(-c2nc(CO)cc(Nc3cc(C4CC4)[nH]n3)n2)s1.[HH].[HH].[HH].[HH].[HH].[HH].[HH].[HH].[HH].[HH].[HH]. The maximum absolute atomic E-state index is 11.5. The number of aliphatic hydroxyl groups excluding tert-OH is 2. The zero-order valence-corrected chi connectivity index (χ0v) is 58.5. The van der Waals surface area contributed by atoms with Crippen LogP contribution in [0.1, 0.15) is 160 Å². The number of carbonyl (C=O) groups excluding carboxylic acids is 2. The summed E-state index contributed by atoms with van der Waals surface area (Å²) in [6.45, 7) is 3.18. The number of primary sulfonamides is 1. The number of amides is 1. The number of H-pyrrole nitrogens is 4. The lowest BCUT2D eigenvalue weighted by Crippen LogP contribution is -2.21. The molecule has 0 aromatic carbocycles. The average molecular weight is 1510 g/mol. The van der Waals surface area contributed by atoms with E-state index in [0.29, 0.717) is 143 Å². The van der Waals surface area contributed by atoms with Crippen LogP contribution in [0.3, 0.4) is 0 Å². The van der Waals surface area contributed by atoms with Gasteiger partial charge in [-0.15, -0.1) is 22.7 Å². The number of thiophene rings is 2. The van der Waals surface area contributed by atoms with E-state index in [1.807, 2.05) is 36.4 Å². The molecule has 13 N–H and O–H groups in total. The van der Waals surface area contributed by atoms with Crippen LogP contribution in [0.5, 0.6) is 0 Å². The number of furan rings is 2. The molecule has 0 bridgehead atoms. The number of hydrogen-bond donors (Lipinski definition) is 12. The highest BCUT2D eigenvalue weighted by Crippen LogP contribution is 2.43. The molecule has 0 spiro atoms. The molecule has 4 aliphatic rings. The summed E-state index contributed by atoms with van der Waals surface area (Å²) in [7, 11) is -2.45. The second-order valence-electron chi connectivity index (χ2n) is 23.7. The van der Waals surface area contributed by atoms with Gasteiger partial charge in [0.2, 0.25) is 10.0 Å². The van der Waals surface area contributed by atoms with Gasteiger partial charge in [0.05, 0.1) is 54.3 Å². The van der Waals surface area contributed by atoms with Crippen molar-refractivity contribution in [3.05, 3.63) is 157 Å². The van der Waals surface area contributed by atoms with Gasteiger partial charge in [0.25, 0.3) is 0 Å². The summed E-state index contributed by atoms with van der Waals surface area (Å²) in [4.78, 5) is 59.5. The first-order valence-corrected chi connectivity index (χ1v) is 35.8. The van der Waals surface area contributed by atoms with Crippen LogP contribution in [0, 0.1) is 0 Å². The molecule has 1 amide bonds. The number of nitrogens with two attached hydrogens (primary N) is 1. The minimum Gasteiger partial charge on any atom is -0.455 e. The lowest BCUT2D eigenvalue weighted by atomic mass is 10.3. The number of hydrogen-bond acceptors (Lipinski definition) is 27. The number of alkyl carbamates (subject to hydrolysis) is 1. The van der Waals surface area contributed by atoms with Crippen LogP contribution in [0.2, 0.25) is 15.1 Å². The predicted octanol–water partition coefficient (Wildman–Crippen LogP) is 16.2. The fraction of sp³-hybridized carbons (Fsp3) is 0.281. The van der Waals surface area contributed by atoms with Crippen molar-refractivity contribution >= 4 is 126 Å². The summed E-state index contributed by atoms with van der Waals surface area (Å²) < 4.78 is 38.5. The Balaban J connectivity index is 0.000000491. The molecule has 0 radical (unpaired) electrons. The second kappa shape index (κ2) is 30.4. The summed E-state index contributed by atoms with van der Waals surface area (Å²) in [5.74, 6) is 9.76. The number of Topliss-reactive ketones (excluding diaryl/α,β-unsaturated/α-hetero) is 1. The number of nitrogens with one attached hydrogen (secondary N) is 9. The fourth-order valence-electron chi connectivity index (χ4n) is 9.75. The molecular formula is C64H85Cl3N22O9S3. The highest BCUT2D eigenvalue weighted by Gasteiger charge is 2.29. The van der Waals surface area contributed by atoms with Crippen LogP contribution >= 0.6 is 57.5 Å². The van der Waals surface area contributed by atoms with Gasteiger partial charge >= 0.3 is 6.09 Å². The van der Waals surface area contributed by atoms with Gasteiger partial charge in [0, 0.05) is 104 Å². The molecule has 0 aliphatic heterocycles. The van der Waals surface area contributed by atoms with Gasteiger partial charge in [-0.2, -0.15) is 20.4 Å². The number of sulfonamides is 1. The largest absolute Gasteiger partial charge is 0.455 e. The first kappa shape index (κ1) is 69.4. The van der Waals surface area contributed by atoms with Crippen LogP contribution in [-0.4, -0.2) is 118 Å². The number of rotatable bonds is 22. The zero-order chi connectivity index (χ0) is 70.5. The number of aromatic amines is 4. The molecule has 544 valence electrons. The first-order chi connectivity index (χ1) is 48.7. The van der Waals surface area contributed by atoms with E-state index in [1.54, 1.807) is 49.5 Å². The minimum atomic E-state index is -3.78. The molecule has 12 heterocycles. The van der Waals surface area contributed by atoms with Crippen LogP contribution in [-0.2, 0) is 27.9 Å². The van der Waals surface area contributed by atoms with E-state index in [0.717, 1.165) is 43.9 Å². The van der Waals surface area contributed by atoms with Crippen molar-refractivity contribution in [2.75, 3.05) is 28.4 Å². The van der Waals surface area contributed by atoms with E-state index in [2.05, 4.69) is 112 Å². The van der Waals surface area contributed by atoms with Crippen LogP contribution in [0.15, 0.2) is 110 Å². The molecule has 4 saturated carbocycles. The predicted molar refractivity (Wildman–Crippen MR) is 401 cm³/mol. The molecular weight excluding hydrogens is 1420 g/mol. The number of nitrogens with zero attached hydrogens (tertiary/aromatic N) is 12. The molecule has 1 atom stereocenters. The molecule has 37 heteroatoms. The quantitative estimate of drug-likeness (QED) is 0.0280. The molecule has 0 saturated heterocycles. The molecule has 16 rings (SSSR count). The van der Waals surface area contributed by atoms with Crippen LogP contribution in [0.25, 0.3) is 44.6 Å². The third kappa shape index (κ3) is 18.1. The lowest BCUT2D eigenvalue weighted by molar-refractivity contribution is 0.0987. The monoisotopic (exact) mass is 1510 g/mol. The zero-order valence-electron chi connectivity index (χ0n) is 53.8. The second-order valence-corrected chi connectivity index (χ2v) is 29.0. The maximum atomic E-state index is 11.5. The smallest absolute Gasteiger partial charge is 0.407 e. The highest BCUT2D eigenvalue weighted by atomic mass is 35.5. The number of anilines is 8. The summed E-state index contributed by atoms with van der Waals surface area (Å²) in [6.07, 6.45) is 12.9. The Bertz CT molecular complexity index is 5100. The van der Waals surface area contributed by atoms with Crippen LogP contribution < -0.4 is 31.7 Å². The van der Waals surface area contributed by atoms with Crippen molar-refractivity contribution in [2.45, 2.75) is 112 Å². The Morgan fingerprint density at radius 3 is 1.50 bits per heavy atom. The Kier molecular flexibility index (Phi) is 20.9. The van der Waals surface area contributed by atoms with Gasteiger partial charge in [-0.3, -0.25) is 25.2 Å². The number of methoxy groups -OCH3 is 1. The van der Waals surface area contributed by atoms with Gasteiger partial charge in [-0.25, -0.2) is 58.2 Å². The Morgan fingerprint density at radius 2 is 1.06 bits per heavy atom. The van der Waals surface area contributed by atoms with Crippen molar-refractivity contribution in [1.29, 1.82) is 0 Å². The number of aromatic nitrogens is 16. The maximum Gasteiger partial charge on any atom is 0.407 e. The van der Waals surface area contributed by atoms with E-state index < -0.39 is 22.2 Å². The Morgan fingerprint density at radius 1 is 0.604 bits per heavy atom. The van der Waals surface area contributed by atoms with Gasteiger partial charge < -0.3 is 50.4 Å². The molecule has 101 heavy (non-hydrogen) atoms. The standard InChI is InChI=1S/C17H17ClN6O2S.C16H16ClN5O2.C16H14ClN5O2.C15H16N6O3S2.11H2/c1-26-17(25)20-7-10-4-5-13(27-10)16-19-8-11(18)15(22-16)21-14-6-12(23-24-14)9-2-3-9;2*1-8(23)12-4-5-13(24-12)16-18-7-10(17)15(20-16)19-14-6-11(21-22-14)9-2-3-9;16-26(23,24)14-4-3-11(25-14)15-17-9(7-22)5-12(19-15)18-13-6-10(20-21-13)8-1-2-8;;;;;;;;;;;/h4-6,8-9H,2-3,7H2,1H3,(H,20,25)(H2,19,21,22,23,24);4-9,23H,2-3H2,1H3,(H2,18,19,20,21,22);4-7,9H,2-3H2,1H3,(H2,18,19,20,21,22);3-6,8,22H,1-2,7H2,(H2,16,23,24)(H2,17,18,19,20,21);11*1H. The number of carbonyl (C=O) groups is 2. The normalized spacial score (nSPS) is 14.3. The molecule has 1 unspecified atom stereocenters. The fourth-order valence-corrected chi connectivity index (χ4v) is 12.7. The van der Waals surface area contributed by atoms with Gasteiger partial charge in [-0.05, 0) is 107 Å². The third-order valence-electron chi connectivity index (χ3n) is 15.6. The highest BCUT2D eigenvalue weighted by molar-refractivity contribution is 7.91. The van der Waals surface area contributed by atoms with Crippen LogP contribution in [0.4, 0.5) is 51.3 Å². The average Bonchev–Trinajstić information content (AvgIpc) is 1.61. The number of aliphatic hydroxyl groups is 2. The number of ether oxygens (including phenoxy) is 1. The van der Waals surface area contributed by atoms with E-state index in [4.69, 9.17) is 48.8 Å². The van der Waals surface area contributed by atoms with E-state index in [-0.39, 0.29) is 38.1 Å². The minimum absolute atomic E-state index is 0. The van der Waals surface area contributed by atoms with Gasteiger partial charge in [0.1, 0.15) is 37.0 Å².